The SMILES string of the molecule is C[C@](O)(CNC(=O)c1ccsc1)Cc1ccco1. The maximum absolute atomic E-state index is 11.7. The Morgan fingerprint density at radius 3 is 3.00 bits per heavy atom. The van der Waals surface area contributed by atoms with E-state index in [0.717, 1.165) is 0 Å². The Labute approximate surface area is 109 Å². The highest BCUT2D eigenvalue weighted by Gasteiger charge is 2.23. The molecule has 2 N–H and O–H groups in total. The number of aliphatic hydroxyl groups is 1. The van der Waals surface area contributed by atoms with Crippen LogP contribution in [0, 0.1) is 0 Å². The van der Waals surface area contributed by atoms with Gasteiger partial charge in [-0.15, -0.1) is 0 Å². The number of furan rings is 1. The van der Waals surface area contributed by atoms with Crippen LogP contribution >= 0.6 is 11.3 Å². The van der Waals surface area contributed by atoms with E-state index in [1.54, 1.807) is 36.8 Å². The minimum Gasteiger partial charge on any atom is -0.469 e. The molecule has 0 aliphatic heterocycles. The third-order valence-corrected chi connectivity index (χ3v) is 3.23. The molecule has 4 nitrogen and oxygen atoms in total. The summed E-state index contributed by atoms with van der Waals surface area (Å²) in [7, 11) is 0. The van der Waals surface area contributed by atoms with E-state index in [1.807, 2.05) is 5.38 Å². The van der Waals surface area contributed by atoms with Crippen LogP contribution in [0.25, 0.3) is 0 Å². The van der Waals surface area contributed by atoms with Crippen molar-refractivity contribution in [2.75, 3.05) is 6.54 Å². The molecule has 0 aliphatic rings. The van der Waals surface area contributed by atoms with Crippen LogP contribution < -0.4 is 5.32 Å². The quantitative estimate of drug-likeness (QED) is 0.870. The lowest BCUT2D eigenvalue weighted by molar-refractivity contribution is 0.0510. The van der Waals surface area contributed by atoms with Gasteiger partial charge in [0.05, 0.1) is 11.9 Å². The van der Waals surface area contributed by atoms with Crippen molar-refractivity contribution in [2.24, 2.45) is 0 Å². The molecule has 0 aromatic carbocycles. The van der Waals surface area contributed by atoms with Crippen LogP contribution in [0.5, 0.6) is 0 Å². The fourth-order valence-corrected chi connectivity index (χ4v) is 2.25. The van der Waals surface area contributed by atoms with Crippen LogP contribution in [0.1, 0.15) is 23.0 Å². The zero-order chi connectivity index (χ0) is 13.0. The molecule has 18 heavy (non-hydrogen) atoms. The average Bonchev–Trinajstić information content (AvgIpc) is 2.97. The van der Waals surface area contributed by atoms with Crippen molar-refractivity contribution in [3.8, 4) is 0 Å². The van der Waals surface area contributed by atoms with Gasteiger partial charge in [0.1, 0.15) is 5.76 Å². The van der Waals surface area contributed by atoms with Gasteiger partial charge in [0.15, 0.2) is 0 Å². The summed E-state index contributed by atoms with van der Waals surface area (Å²) in [6.07, 6.45) is 1.93. The minimum atomic E-state index is -1.02. The molecule has 1 amide bonds. The number of hydrogen-bond acceptors (Lipinski definition) is 4. The first-order chi connectivity index (χ1) is 8.57. The summed E-state index contributed by atoms with van der Waals surface area (Å²) in [6.45, 7) is 1.85. The number of carbonyl (C=O) groups excluding carboxylic acids is 1. The monoisotopic (exact) mass is 265 g/mol. The van der Waals surface area contributed by atoms with Crippen molar-refractivity contribution in [2.45, 2.75) is 18.9 Å². The van der Waals surface area contributed by atoms with E-state index < -0.39 is 5.60 Å². The molecule has 2 aromatic heterocycles. The largest absolute Gasteiger partial charge is 0.469 e. The van der Waals surface area contributed by atoms with E-state index in [1.165, 1.54) is 11.3 Å². The first kappa shape index (κ1) is 12.9. The van der Waals surface area contributed by atoms with Crippen LogP contribution in [-0.4, -0.2) is 23.2 Å². The molecule has 5 heteroatoms. The predicted molar refractivity (Wildman–Crippen MR) is 69.7 cm³/mol. The minimum absolute atomic E-state index is 0.170. The molecular weight excluding hydrogens is 250 g/mol. The maximum Gasteiger partial charge on any atom is 0.252 e. The van der Waals surface area contributed by atoms with E-state index in [0.29, 0.717) is 17.7 Å². The van der Waals surface area contributed by atoms with Crippen molar-refractivity contribution in [1.29, 1.82) is 0 Å². The lowest BCUT2D eigenvalue weighted by atomic mass is 10.0. The van der Waals surface area contributed by atoms with Gasteiger partial charge in [-0.1, -0.05) is 0 Å². The molecule has 0 unspecified atom stereocenters. The smallest absolute Gasteiger partial charge is 0.252 e. The molecule has 2 heterocycles. The van der Waals surface area contributed by atoms with E-state index >= 15 is 0 Å². The molecular formula is C13H15NO3S. The van der Waals surface area contributed by atoms with Gasteiger partial charge < -0.3 is 14.8 Å². The number of rotatable bonds is 5. The van der Waals surface area contributed by atoms with E-state index in [2.05, 4.69) is 5.32 Å². The average molecular weight is 265 g/mol. The number of nitrogens with one attached hydrogen (secondary N) is 1. The number of thiophene rings is 1. The van der Waals surface area contributed by atoms with Crippen molar-refractivity contribution in [3.05, 3.63) is 46.5 Å². The summed E-state index contributed by atoms with van der Waals surface area (Å²) >= 11 is 1.47. The third-order valence-electron chi connectivity index (χ3n) is 2.55. The van der Waals surface area contributed by atoms with Gasteiger partial charge in [-0.05, 0) is 30.5 Å². The highest BCUT2D eigenvalue weighted by atomic mass is 32.1. The van der Waals surface area contributed by atoms with Crippen LogP contribution in [0.4, 0.5) is 0 Å². The molecule has 96 valence electrons. The van der Waals surface area contributed by atoms with Crippen LogP contribution in [0.15, 0.2) is 39.6 Å². The highest BCUT2D eigenvalue weighted by molar-refractivity contribution is 7.08. The van der Waals surface area contributed by atoms with E-state index in [4.69, 9.17) is 4.42 Å². The topological polar surface area (TPSA) is 62.5 Å². The van der Waals surface area contributed by atoms with Gasteiger partial charge in [0.2, 0.25) is 0 Å². The highest BCUT2D eigenvalue weighted by Crippen LogP contribution is 2.13. The Morgan fingerprint density at radius 2 is 2.39 bits per heavy atom. The second kappa shape index (κ2) is 5.37. The molecule has 0 saturated heterocycles. The van der Waals surface area contributed by atoms with Gasteiger partial charge in [-0.2, -0.15) is 11.3 Å². The normalized spacial score (nSPS) is 14.1. The van der Waals surface area contributed by atoms with Gasteiger partial charge in [0.25, 0.3) is 5.91 Å². The second-order valence-corrected chi connectivity index (χ2v) is 5.23. The lowest BCUT2D eigenvalue weighted by Crippen LogP contribution is -2.42. The van der Waals surface area contributed by atoms with Crippen molar-refractivity contribution in [1.82, 2.24) is 5.32 Å². The summed E-state index contributed by atoms with van der Waals surface area (Å²) in [5.41, 5.74) is -0.405. The van der Waals surface area contributed by atoms with E-state index in [-0.39, 0.29) is 12.5 Å². The Balaban J connectivity index is 1.87. The summed E-state index contributed by atoms with van der Waals surface area (Å²) in [6, 6.07) is 5.33. The summed E-state index contributed by atoms with van der Waals surface area (Å²) in [4.78, 5) is 11.7. The molecule has 0 fully saturated rings. The fourth-order valence-electron chi connectivity index (χ4n) is 1.62. The molecule has 0 bridgehead atoms. The van der Waals surface area contributed by atoms with E-state index in [9.17, 15) is 9.90 Å². The third kappa shape index (κ3) is 3.45. The zero-order valence-corrected chi connectivity index (χ0v) is 10.9. The van der Waals surface area contributed by atoms with Gasteiger partial charge in [-0.3, -0.25) is 4.79 Å². The Kier molecular flexibility index (Phi) is 3.84. The zero-order valence-electron chi connectivity index (χ0n) is 10.1. The summed E-state index contributed by atoms with van der Waals surface area (Å²) in [5, 5.41) is 16.5. The van der Waals surface area contributed by atoms with Gasteiger partial charge in [-0.25, -0.2) is 0 Å². The molecule has 0 spiro atoms. The first-order valence-corrected chi connectivity index (χ1v) is 6.56. The first-order valence-electron chi connectivity index (χ1n) is 5.62. The molecule has 0 radical (unpaired) electrons. The Bertz CT molecular complexity index is 488. The lowest BCUT2D eigenvalue weighted by Gasteiger charge is -2.22. The molecule has 0 aliphatic carbocycles. The fraction of sp³-hybridized carbons (Fsp3) is 0.308. The van der Waals surface area contributed by atoms with Crippen LogP contribution in [0.2, 0.25) is 0 Å². The molecule has 2 rings (SSSR count). The van der Waals surface area contributed by atoms with Crippen molar-refractivity contribution in [3.63, 3.8) is 0 Å². The van der Waals surface area contributed by atoms with Crippen LogP contribution in [0.3, 0.4) is 0 Å². The predicted octanol–water partition coefficient (Wildman–Crippen LogP) is 2.06. The standard InChI is InChI=1S/C13H15NO3S/c1-13(16,7-11-3-2-5-17-11)9-14-12(15)10-4-6-18-8-10/h2-6,8,16H,7,9H2,1H3,(H,14,15)/t13-/m1/s1. The molecule has 0 saturated carbocycles. The van der Waals surface area contributed by atoms with Gasteiger partial charge >= 0.3 is 0 Å². The van der Waals surface area contributed by atoms with Crippen LogP contribution in [-0.2, 0) is 6.42 Å². The van der Waals surface area contributed by atoms with Crippen molar-refractivity contribution >= 4 is 17.2 Å². The Hall–Kier alpha value is -1.59. The second-order valence-electron chi connectivity index (χ2n) is 4.45. The van der Waals surface area contributed by atoms with Gasteiger partial charge in [0, 0.05) is 23.9 Å². The van der Waals surface area contributed by atoms with Crippen molar-refractivity contribution < 1.29 is 14.3 Å². The maximum atomic E-state index is 11.7. The summed E-state index contributed by atoms with van der Waals surface area (Å²) in [5.74, 6) is 0.528. The molecule has 1 atom stereocenters. The summed E-state index contributed by atoms with van der Waals surface area (Å²) < 4.78 is 5.18. The Morgan fingerprint density at radius 1 is 1.56 bits per heavy atom. The molecule has 2 aromatic rings. The number of amides is 1. The number of carbonyl (C=O) groups is 1. The number of hydrogen-bond donors (Lipinski definition) is 2.